The summed E-state index contributed by atoms with van der Waals surface area (Å²) in [6, 6.07) is 6.06. The van der Waals surface area contributed by atoms with Crippen LogP contribution in [0.25, 0.3) is 0 Å². The predicted octanol–water partition coefficient (Wildman–Crippen LogP) is 2.14. The third-order valence-electron chi connectivity index (χ3n) is 2.61. The van der Waals surface area contributed by atoms with Crippen molar-refractivity contribution in [3.05, 3.63) is 23.8 Å². The van der Waals surface area contributed by atoms with Gasteiger partial charge in [-0.15, -0.1) is 11.8 Å². The van der Waals surface area contributed by atoms with Crippen LogP contribution in [-0.4, -0.2) is 36.3 Å². The molecule has 0 aliphatic carbocycles. The van der Waals surface area contributed by atoms with Gasteiger partial charge in [-0.3, -0.25) is 0 Å². The molecular weight excluding hydrogens is 210 g/mol. The fourth-order valence-corrected chi connectivity index (χ4v) is 2.92. The molecule has 82 valence electrons. The summed E-state index contributed by atoms with van der Waals surface area (Å²) in [7, 11) is 3.51. The number of hydrogen-bond acceptors (Lipinski definition) is 3. The first-order chi connectivity index (χ1) is 7.11. The number of methoxy groups -OCH3 is 1. The SMILES string of the molecule is COc1ccc2c(c1)C[N+](C)(O)CCS2. The number of hydrogen-bond donors (Lipinski definition) is 1. The van der Waals surface area contributed by atoms with Crippen LogP contribution in [0.1, 0.15) is 5.56 Å². The average Bonchev–Trinajstić information content (AvgIpc) is 2.33. The first kappa shape index (κ1) is 10.8. The first-order valence-corrected chi connectivity index (χ1v) is 5.96. The zero-order chi connectivity index (χ0) is 10.9. The van der Waals surface area contributed by atoms with Gasteiger partial charge in [0.25, 0.3) is 0 Å². The molecule has 15 heavy (non-hydrogen) atoms. The van der Waals surface area contributed by atoms with Crippen LogP contribution in [0.3, 0.4) is 0 Å². The van der Waals surface area contributed by atoms with Crippen LogP contribution < -0.4 is 4.74 Å². The highest BCUT2D eigenvalue weighted by molar-refractivity contribution is 7.99. The number of benzene rings is 1. The fourth-order valence-electron chi connectivity index (χ4n) is 1.75. The Bertz CT molecular complexity index is 366. The van der Waals surface area contributed by atoms with Crippen LogP contribution in [0.5, 0.6) is 5.75 Å². The third-order valence-corrected chi connectivity index (χ3v) is 3.71. The Morgan fingerprint density at radius 1 is 1.47 bits per heavy atom. The van der Waals surface area contributed by atoms with Gasteiger partial charge in [0, 0.05) is 10.5 Å². The summed E-state index contributed by atoms with van der Waals surface area (Å²) < 4.78 is 5.25. The van der Waals surface area contributed by atoms with Crippen LogP contribution in [0.2, 0.25) is 0 Å². The monoisotopic (exact) mass is 226 g/mol. The summed E-state index contributed by atoms with van der Waals surface area (Å²) in [6.45, 7) is 1.43. The molecule has 1 aliphatic rings. The van der Waals surface area contributed by atoms with Gasteiger partial charge in [-0.25, -0.2) is 5.21 Å². The van der Waals surface area contributed by atoms with E-state index in [4.69, 9.17) is 4.74 Å². The van der Waals surface area contributed by atoms with Gasteiger partial charge >= 0.3 is 0 Å². The number of nitrogens with zero attached hydrogens (tertiary/aromatic N) is 1. The zero-order valence-corrected chi connectivity index (χ0v) is 9.88. The zero-order valence-electron chi connectivity index (χ0n) is 9.06. The summed E-state index contributed by atoms with van der Waals surface area (Å²) >= 11 is 1.80. The summed E-state index contributed by atoms with van der Waals surface area (Å²) in [5.41, 5.74) is 1.17. The molecule has 1 aromatic carbocycles. The van der Waals surface area contributed by atoms with Gasteiger partial charge in [0.2, 0.25) is 0 Å². The van der Waals surface area contributed by atoms with E-state index in [9.17, 15) is 5.21 Å². The minimum Gasteiger partial charge on any atom is -0.497 e. The second kappa shape index (κ2) is 4.04. The van der Waals surface area contributed by atoms with E-state index < -0.39 is 0 Å². The number of fused-ring (bicyclic) bond motifs is 1. The lowest BCUT2D eigenvalue weighted by Crippen LogP contribution is -2.40. The van der Waals surface area contributed by atoms with Crippen molar-refractivity contribution in [3.8, 4) is 5.75 Å². The minimum absolute atomic E-state index is 0.0627. The Kier molecular flexibility index (Phi) is 2.91. The molecule has 0 spiro atoms. The fraction of sp³-hybridized carbons (Fsp3) is 0.455. The van der Waals surface area contributed by atoms with E-state index in [2.05, 4.69) is 6.07 Å². The lowest BCUT2D eigenvalue weighted by Gasteiger charge is -2.23. The van der Waals surface area contributed by atoms with Gasteiger partial charge in [-0.1, -0.05) is 0 Å². The highest BCUT2D eigenvalue weighted by atomic mass is 32.2. The van der Waals surface area contributed by atoms with E-state index in [0.717, 1.165) is 18.0 Å². The second-order valence-electron chi connectivity index (χ2n) is 4.04. The molecule has 1 aliphatic heterocycles. The molecule has 0 amide bonds. The molecule has 1 N–H and O–H groups in total. The highest BCUT2D eigenvalue weighted by Crippen LogP contribution is 2.31. The molecule has 2 rings (SSSR count). The normalized spacial score (nSPS) is 25.5. The van der Waals surface area contributed by atoms with Gasteiger partial charge in [0.05, 0.1) is 19.9 Å². The van der Waals surface area contributed by atoms with E-state index in [1.165, 1.54) is 10.5 Å². The Balaban J connectivity index is 2.36. The Morgan fingerprint density at radius 2 is 2.27 bits per heavy atom. The smallest absolute Gasteiger partial charge is 0.135 e. The average molecular weight is 226 g/mol. The second-order valence-corrected chi connectivity index (χ2v) is 5.18. The molecule has 0 bridgehead atoms. The van der Waals surface area contributed by atoms with Gasteiger partial charge < -0.3 is 4.74 Å². The summed E-state index contributed by atoms with van der Waals surface area (Å²) in [6.07, 6.45) is 0. The molecule has 0 radical (unpaired) electrons. The molecule has 0 aromatic heterocycles. The van der Waals surface area contributed by atoms with Gasteiger partial charge in [0.15, 0.2) is 0 Å². The van der Waals surface area contributed by atoms with E-state index >= 15 is 0 Å². The number of hydroxylamine groups is 3. The van der Waals surface area contributed by atoms with Crippen molar-refractivity contribution in [2.45, 2.75) is 11.4 Å². The van der Waals surface area contributed by atoms with E-state index in [1.54, 1.807) is 18.9 Å². The topological polar surface area (TPSA) is 29.5 Å². The molecule has 1 unspecified atom stereocenters. The number of rotatable bonds is 1. The summed E-state index contributed by atoms with van der Waals surface area (Å²) in [4.78, 5) is 1.26. The molecule has 4 heteroatoms. The van der Waals surface area contributed by atoms with Crippen LogP contribution in [0.4, 0.5) is 0 Å². The number of ether oxygens (including phenoxy) is 1. The first-order valence-electron chi connectivity index (χ1n) is 4.98. The van der Waals surface area contributed by atoms with Crippen LogP contribution >= 0.6 is 11.8 Å². The third kappa shape index (κ3) is 2.45. The van der Waals surface area contributed by atoms with Crippen molar-refractivity contribution in [2.24, 2.45) is 0 Å². The standard InChI is InChI=1S/C11H16NO2S/c1-12(13)5-6-15-11-4-3-10(14-2)7-9(11)8-12/h3-4,7,13H,5-6,8H2,1-2H3/q+1. The van der Waals surface area contributed by atoms with Crippen molar-refractivity contribution in [1.82, 2.24) is 0 Å². The van der Waals surface area contributed by atoms with E-state index in [-0.39, 0.29) is 4.65 Å². The molecule has 3 nitrogen and oxygen atoms in total. The highest BCUT2D eigenvalue weighted by Gasteiger charge is 2.25. The summed E-state index contributed by atoms with van der Waals surface area (Å²) in [5.74, 6) is 1.81. The Morgan fingerprint density at radius 3 is 3.00 bits per heavy atom. The largest absolute Gasteiger partial charge is 0.497 e. The van der Waals surface area contributed by atoms with Crippen LogP contribution in [-0.2, 0) is 6.54 Å². The Labute approximate surface area is 94.2 Å². The minimum atomic E-state index is 0.0627. The van der Waals surface area contributed by atoms with Crippen molar-refractivity contribution in [1.29, 1.82) is 0 Å². The van der Waals surface area contributed by atoms with Gasteiger partial charge in [-0.05, 0) is 18.2 Å². The lowest BCUT2D eigenvalue weighted by molar-refractivity contribution is -1.10. The molecular formula is C11H16NO2S+. The van der Waals surface area contributed by atoms with Crippen molar-refractivity contribution in [2.75, 3.05) is 26.5 Å². The molecule has 1 atom stereocenters. The molecule has 0 saturated heterocycles. The number of quaternary nitrogens is 1. The van der Waals surface area contributed by atoms with E-state index in [1.807, 2.05) is 19.2 Å². The lowest BCUT2D eigenvalue weighted by atomic mass is 10.2. The molecule has 0 saturated carbocycles. The van der Waals surface area contributed by atoms with E-state index in [0.29, 0.717) is 6.54 Å². The van der Waals surface area contributed by atoms with Gasteiger partial charge in [-0.2, -0.15) is 4.65 Å². The predicted molar refractivity (Wildman–Crippen MR) is 60.3 cm³/mol. The van der Waals surface area contributed by atoms with Crippen molar-refractivity contribution in [3.63, 3.8) is 0 Å². The van der Waals surface area contributed by atoms with Crippen molar-refractivity contribution < 1.29 is 14.6 Å². The van der Waals surface area contributed by atoms with Crippen molar-refractivity contribution >= 4 is 11.8 Å². The number of thioether (sulfide) groups is 1. The maximum atomic E-state index is 10.0. The molecule has 1 heterocycles. The molecule has 1 aromatic rings. The maximum absolute atomic E-state index is 10.0. The Hall–Kier alpha value is -0.710. The maximum Gasteiger partial charge on any atom is 0.135 e. The van der Waals surface area contributed by atoms with Crippen LogP contribution in [0, 0.1) is 0 Å². The summed E-state index contributed by atoms with van der Waals surface area (Å²) in [5, 5.41) is 10.0. The quantitative estimate of drug-likeness (QED) is 0.744. The van der Waals surface area contributed by atoms with Gasteiger partial charge in [0.1, 0.15) is 18.8 Å². The molecule has 0 fully saturated rings. The van der Waals surface area contributed by atoms with Crippen LogP contribution in [0.15, 0.2) is 23.1 Å².